The minimum atomic E-state index is 0.00915. The Kier molecular flexibility index (Phi) is 11.6. The molecule has 2 fully saturated rings. The molecule has 1 aliphatic heterocycles. The van der Waals surface area contributed by atoms with Crippen molar-refractivity contribution in [1.29, 1.82) is 0 Å². The number of allylic oxidation sites excluding steroid dienone is 1. The summed E-state index contributed by atoms with van der Waals surface area (Å²) < 4.78 is 18.0. The summed E-state index contributed by atoms with van der Waals surface area (Å²) >= 11 is 0. The van der Waals surface area contributed by atoms with Crippen molar-refractivity contribution in [3.8, 4) is 16.9 Å². The van der Waals surface area contributed by atoms with Crippen LogP contribution in [0.25, 0.3) is 11.1 Å². The standard InChI is InChI=1S/C34H48O3/c1-27-12-16-29(17-13-27)9-6-7-10-30-25-36-34(37-26-30)11-5-3-4-8-24-35-33-22-20-32(21-23-33)31-18-14-28(2)15-19-31/h14-15,18-23,29-30,34H,1,3-13,16-17,24-26H2,2H3. The lowest BCUT2D eigenvalue weighted by Crippen LogP contribution is -2.32. The van der Waals surface area contributed by atoms with E-state index >= 15 is 0 Å². The fraction of sp³-hybridized carbons (Fsp3) is 0.588. The van der Waals surface area contributed by atoms with E-state index in [0.29, 0.717) is 5.92 Å². The van der Waals surface area contributed by atoms with Crippen LogP contribution in [0.1, 0.15) is 89.0 Å². The highest BCUT2D eigenvalue weighted by Crippen LogP contribution is 2.31. The van der Waals surface area contributed by atoms with Gasteiger partial charge in [0.15, 0.2) is 6.29 Å². The largest absolute Gasteiger partial charge is 0.494 e. The fourth-order valence-electron chi connectivity index (χ4n) is 5.60. The van der Waals surface area contributed by atoms with Gasteiger partial charge in [0.2, 0.25) is 0 Å². The molecule has 3 nitrogen and oxygen atoms in total. The van der Waals surface area contributed by atoms with Crippen molar-refractivity contribution < 1.29 is 14.2 Å². The minimum Gasteiger partial charge on any atom is -0.494 e. The molecule has 2 aliphatic rings. The van der Waals surface area contributed by atoms with E-state index in [1.165, 1.54) is 86.5 Å². The van der Waals surface area contributed by atoms with E-state index in [4.69, 9.17) is 14.2 Å². The van der Waals surface area contributed by atoms with Crippen molar-refractivity contribution >= 4 is 0 Å². The number of hydrogen-bond donors (Lipinski definition) is 0. The van der Waals surface area contributed by atoms with Gasteiger partial charge in [-0.2, -0.15) is 0 Å². The average molecular weight is 505 g/mol. The molecule has 2 aromatic carbocycles. The summed E-state index contributed by atoms with van der Waals surface area (Å²) in [5, 5.41) is 0. The fourth-order valence-corrected chi connectivity index (χ4v) is 5.60. The molecule has 1 aliphatic carbocycles. The lowest BCUT2D eigenvalue weighted by Gasteiger charge is -2.29. The maximum absolute atomic E-state index is 6.03. The van der Waals surface area contributed by atoms with E-state index in [1.807, 2.05) is 0 Å². The van der Waals surface area contributed by atoms with Gasteiger partial charge in [-0.3, -0.25) is 0 Å². The van der Waals surface area contributed by atoms with E-state index < -0.39 is 0 Å². The molecule has 0 unspecified atom stereocenters. The van der Waals surface area contributed by atoms with Crippen LogP contribution in [0.2, 0.25) is 0 Å². The third-order valence-electron chi connectivity index (χ3n) is 8.16. The van der Waals surface area contributed by atoms with E-state index in [1.54, 1.807) is 0 Å². The molecule has 0 bridgehead atoms. The van der Waals surface area contributed by atoms with Crippen molar-refractivity contribution in [2.24, 2.45) is 11.8 Å². The van der Waals surface area contributed by atoms with E-state index in [-0.39, 0.29) is 6.29 Å². The quantitative estimate of drug-likeness (QED) is 0.189. The Morgan fingerprint density at radius 3 is 1.95 bits per heavy atom. The normalized spacial score (nSPS) is 20.7. The number of aryl methyl sites for hydroxylation is 1. The molecule has 0 amide bonds. The predicted octanol–water partition coefficient (Wildman–Crippen LogP) is 9.29. The third kappa shape index (κ3) is 9.94. The first-order valence-electron chi connectivity index (χ1n) is 14.9. The highest BCUT2D eigenvalue weighted by atomic mass is 16.7. The van der Waals surface area contributed by atoms with Gasteiger partial charge in [0.1, 0.15) is 5.75 Å². The third-order valence-corrected chi connectivity index (χ3v) is 8.16. The number of benzene rings is 2. The van der Waals surface area contributed by atoms with Gasteiger partial charge in [-0.05, 0) is 87.5 Å². The van der Waals surface area contributed by atoms with Gasteiger partial charge >= 0.3 is 0 Å². The summed E-state index contributed by atoms with van der Waals surface area (Å²) in [5.41, 5.74) is 5.23. The van der Waals surface area contributed by atoms with Crippen molar-refractivity contribution in [2.45, 2.75) is 96.7 Å². The van der Waals surface area contributed by atoms with Gasteiger partial charge in [0.25, 0.3) is 0 Å². The molecule has 3 heteroatoms. The zero-order chi connectivity index (χ0) is 25.7. The maximum atomic E-state index is 6.03. The molecule has 0 spiro atoms. The van der Waals surface area contributed by atoms with Crippen molar-refractivity contribution in [1.82, 2.24) is 0 Å². The molecule has 0 radical (unpaired) electrons. The van der Waals surface area contributed by atoms with Gasteiger partial charge in [0, 0.05) is 5.92 Å². The smallest absolute Gasteiger partial charge is 0.157 e. The zero-order valence-corrected chi connectivity index (χ0v) is 23.1. The molecule has 1 heterocycles. The molecular weight excluding hydrogens is 456 g/mol. The Labute approximate surface area is 225 Å². The zero-order valence-electron chi connectivity index (χ0n) is 23.1. The van der Waals surface area contributed by atoms with Crippen LogP contribution in [0.15, 0.2) is 60.7 Å². The maximum Gasteiger partial charge on any atom is 0.157 e. The molecule has 1 saturated heterocycles. The first-order chi connectivity index (χ1) is 18.2. The van der Waals surface area contributed by atoms with Crippen molar-refractivity contribution in [3.05, 3.63) is 66.2 Å². The minimum absolute atomic E-state index is 0.00915. The van der Waals surface area contributed by atoms with Crippen LogP contribution < -0.4 is 4.74 Å². The molecule has 1 saturated carbocycles. The van der Waals surface area contributed by atoms with Crippen LogP contribution in [0, 0.1) is 18.8 Å². The molecule has 4 rings (SSSR count). The molecule has 0 atom stereocenters. The predicted molar refractivity (Wildman–Crippen MR) is 154 cm³/mol. The monoisotopic (exact) mass is 504 g/mol. The Hall–Kier alpha value is -2.10. The summed E-state index contributed by atoms with van der Waals surface area (Å²) in [4.78, 5) is 0. The Morgan fingerprint density at radius 2 is 1.27 bits per heavy atom. The molecule has 202 valence electrons. The van der Waals surface area contributed by atoms with Gasteiger partial charge in [-0.15, -0.1) is 0 Å². The summed E-state index contributed by atoms with van der Waals surface area (Å²) in [6.07, 6.45) is 16.2. The highest BCUT2D eigenvalue weighted by Gasteiger charge is 2.22. The Morgan fingerprint density at radius 1 is 0.703 bits per heavy atom. The summed E-state index contributed by atoms with van der Waals surface area (Å²) in [7, 11) is 0. The average Bonchev–Trinajstić information content (AvgIpc) is 2.93. The van der Waals surface area contributed by atoms with Gasteiger partial charge < -0.3 is 14.2 Å². The topological polar surface area (TPSA) is 27.7 Å². The SMILES string of the molecule is C=C1CCC(CCCCC2COC(CCCCCCOc3ccc(-c4ccc(C)cc4)cc3)OC2)CC1. The number of unbranched alkanes of at least 4 members (excludes halogenated alkanes) is 4. The molecule has 0 aromatic heterocycles. The van der Waals surface area contributed by atoms with Crippen LogP contribution in [0.3, 0.4) is 0 Å². The summed E-state index contributed by atoms with van der Waals surface area (Å²) in [6, 6.07) is 17.1. The molecular formula is C34H48O3. The van der Waals surface area contributed by atoms with Crippen LogP contribution in [0.5, 0.6) is 5.75 Å². The van der Waals surface area contributed by atoms with Crippen molar-refractivity contribution in [2.75, 3.05) is 19.8 Å². The summed E-state index contributed by atoms with van der Waals surface area (Å²) in [6.45, 7) is 8.79. The first kappa shape index (κ1) is 27.9. The number of hydrogen-bond acceptors (Lipinski definition) is 3. The van der Waals surface area contributed by atoms with E-state index in [0.717, 1.165) is 50.8 Å². The Bertz CT molecular complexity index is 899. The second-order valence-corrected chi connectivity index (χ2v) is 11.4. The second kappa shape index (κ2) is 15.3. The van der Waals surface area contributed by atoms with E-state index in [9.17, 15) is 0 Å². The Balaban J connectivity index is 0.971. The van der Waals surface area contributed by atoms with Gasteiger partial charge in [0.05, 0.1) is 19.8 Å². The van der Waals surface area contributed by atoms with Crippen LogP contribution in [-0.2, 0) is 9.47 Å². The second-order valence-electron chi connectivity index (χ2n) is 11.4. The summed E-state index contributed by atoms with van der Waals surface area (Å²) in [5.74, 6) is 2.48. The lowest BCUT2D eigenvalue weighted by molar-refractivity contribution is -0.204. The van der Waals surface area contributed by atoms with Gasteiger partial charge in [-0.25, -0.2) is 0 Å². The van der Waals surface area contributed by atoms with E-state index in [2.05, 4.69) is 62.0 Å². The molecule has 2 aromatic rings. The molecule has 37 heavy (non-hydrogen) atoms. The molecule has 0 N–H and O–H groups in total. The lowest BCUT2D eigenvalue weighted by atomic mass is 9.83. The van der Waals surface area contributed by atoms with Crippen molar-refractivity contribution in [3.63, 3.8) is 0 Å². The van der Waals surface area contributed by atoms with Crippen LogP contribution in [0.4, 0.5) is 0 Å². The number of ether oxygens (including phenoxy) is 3. The van der Waals surface area contributed by atoms with Crippen LogP contribution >= 0.6 is 0 Å². The van der Waals surface area contributed by atoms with Crippen LogP contribution in [-0.4, -0.2) is 26.1 Å². The number of rotatable bonds is 14. The van der Waals surface area contributed by atoms with Gasteiger partial charge in [-0.1, -0.05) is 86.2 Å². The first-order valence-corrected chi connectivity index (χ1v) is 14.9. The highest BCUT2D eigenvalue weighted by molar-refractivity contribution is 5.64.